The van der Waals surface area contributed by atoms with Gasteiger partial charge in [-0.1, -0.05) is 0 Å². The molecule has 3 rings (SSSR count). The van der Waals surface area contributed by atoms with Crippen molar-refractivity contribution in [2.24, 2.45) is 0 Å². The van der Waals surface area contributed by atoms with E-state index in [1.165, 1.54) is 12.5 Å². The molecule has 17 heavy (non-hydrogen) atoms. The van der Waals surface area contributed by atoms with Gasteiger partial charge in [0.15, 0.2) is 5.58 Å². The summed E-state index contributed by atoms with van der Waals surface area (Å²) in [6, 6.07) is 4.79. The first-order valence-electron chi connectivity index (χ1n) is 5.49. The molecule has 1 unspecified atom stereocenters. The third-order valence-corrected chi connectivity index (χ3v) is 4.22. The van der Waals surface area contributed by atoms with Gasteiger partial charge in [0.1, 0.15) is 5.52 Å². The zero-order chi connectivity index (χ0) is 11.8. The Morgan fingerprint density at radius 2 is 2.41 bits per heavy atom. The van der Waals surface area contributed by atoms with Gasteiger partial charge in [-0.15, -0.1) is 11.8 Å². The largest absolute Gasteiger partial charge is 0.478 e. The summed E-state index contributed by atoms with van der Waals surface area (Å²) in [5, 5.41) is 9.23. The number of benzene rings is 1. The van der Waals surface area contributed by atoms with Crippen molar-refractivity contribution in [1.82, 2.24) is 4.98 Å². The summed E-state index contributed by atoms with van der Waals surface area (Å²) in [5.74, 6) is 0.925. The summed E-state index contributed by atoms with van der Waals surface area (Å²) < 4.78 is 5.65. The van der Waals surface area contributed by atoms with Gasteiger partial charge in [0.05, 0.1) is 10.8 Å². The van der Waals surface area contributed by atoms with Gasteiger partial charge in [-0.05, 0) is 36.8 Å². The van der Waals surface area contributed by atoms with E-state index in [1.54, 1.807) is 12.1 Å². The fourth-order valence-corrected chi connectivity index (χ4v) is 3.18. The van der Waals surface area contributed by atoms with Crippen LogP contribution in [0.3, 0.4) is 0 Å². The minimum Gasteiger partial charge on any atom is -0.478 e. The molecule has 4 nitrogen and oxygen atoms in total. The van der Waals surface area contributed by atoms with Crippen LogP contribution in [-0.2, 0) is 0 Å². The van der Waals surface area contributed by atoms with Gasteiger partial charge in [-0.2, -0.15) is 0 Å². The van der Waals surface area contributed by atoms with Crippen molar-refractivity contribution in [3.8, 4) is 0 Å². The second-order valence-corrected chi connectivity index (χ2v) is 5.35. The van der Waals surface area contributed by atoms with E-state index < -0.39 is 5.97 Å². The fourth-order valence-electron chi connectivity index (χ4n) is 1.99. The van der Waals surface area contributed by atoms with Crippen LogP contribution in [0, 0.1) is 0 Å². The second-order valence-electron chi connectivity index (χ2n) is 4.04. The molecule has 1 aliphatic heterocycles. The number of nitrogens with zero attached hydrogens (tertiary/aromatic N) is 1. The first kappa shape index (κ1) is 10.7. The standard InChI is InChI=1S/C12H11NO3S/c14-12(15)7-3-4-8-9(6-7)16-11(13-8)10-2-1-5-17-10/h3-4,6,10H,1-2,5H2,(H,14,15). The molecule has 1 fully saturated rings. The molecule has 1 aromatic heterocycles. The molecule has 88 valence electrons. The van der Waals surface area contributed by atoms with Gasteiger partial charge in [0, 0.05) is 0 Å². The van der Waals surface area contributed by atoms with Crippen LogP contribution < -0.4 is 0 Å². The second kappa shape index (κ2) is 4.07. The van der Waals surface area contributed by atoms with Crippen LogP contribution in [0.15, 0.2) is 22.6 Å². The van der Waals surface area contributed by atoms with Crippen LogP contribution >= 0.6 is 11.8 Å². The third-order valence-electron chi connectivity index (χ3n) is 2.86. The molecular formula is C12H11NO3S. The first-order valence-corrected chi connectivity index (χ1v) is 6.54. The number of fused-ring (bicyclic) bond motifs is 1. The van der Waals surface area contributed by atoms with Crippen LogP contribution in [0.2, 0.25) is 0 Å². The quantitative estimate of drug-likeness (QED) is 0.886. The Balaban J connectivity index is 2.03. The fraction of sp³-hybridized carbons (Fsp3) is 0.333. The van der Waals surface area contributed by atoms with Gasteiger partial charge < -0.3 is 9.52 Å². The zero-order valence-electron chi connectivity index (χ0n) is 9.05. The monoisotopic (exact) mass is 249 g/mol. The summed E-state index contributed by atoms with van der Waals surface area (Å²) in [6.07, 6.45) is 2.28. The van der Waals surface area contributed by atoms with Crippen molar-refractivity contribution in [2.75, 3.05) is 5.75 Å². The maximum absolute atomic E-state index is 10.8. The van der Waals surface area contributed by atoms with E-state index in [2.05, 4.69) is 4.98 Å². The van der Waals surface area contributed by atoms with Gasteiger partial charge in [0.2, 0.25) is 5.89 Å². The molecule has 1 saturated heterocycles. The average Bonchev–Trinajstić information content (AvgIpc) is 2.96. The van der Waals surface area contributed by atoms with Crippen molar-refractivity contribution >= 4 is 28.8 Å². The Hall–Kier alpha value is -1.49. The third kappa shape index (κ3) is 1.91. The highest BCUT2D eigenvalue weighted by atomic mass is 32.2. The first-order chi connectivity index (χ1) is 8.24. The molecule has 0 aliphatic carbocycles. The zero-order valence-corrected chi connectivity index (χ0v) is 9.87. The van der Waals surface area contributed by atoms with Crippen molar-refractivity contribution in [3.63, 3.8) is 0 Å². The van der Waals surface area contributed by atoms with Crippen molar-refractivity contribution in [1.29, 1.82) is 0 Å². The smallest absolute Gasteiger partial charge is 0.335 e. The summed E-state index contributed by atoms with van der Waals surface area (Å²) in [7, 11) is 0. The molecule has 0 bridgehead atoms. The molecule has 0 spiro atoms. The number of hydrogen-bond donors (Lipinski definition) is 1. The summed E-state index contributed by atoms with van der Waals surface area (Å²) in [6.45, 7) is 0. The maximum Gasteiger partial charge on any atom is 0.335 e. The predicted molar refractivity (Wildman–Crippen MR) is 65.4 cm³/mol. The van der Waals surface area contributed by atoms with Crippen LogP contribution in [0.5, 0.6) is 0 Å². The highest BCUT2D eigenvalue weighted by Gasteiger charge is 2.23. The maximum atomic E-state index is 10.8. The van der Waals surface area contributed by atoms with Crippen LogP contribution in [0.1, 0.15) is 34.3 Å². The lowest BCUT2D eigenvalue weighted by Gasteiger charge is -2.00. The number of carboxylic acids is 1. The van der Waals surface area contributed by atoms with Gasteiger partial charge >= 0.3 is 5.97 Å². The molecule has 2 aromatic rings. The number of carboxylic acid groups (broad SMARTS) is 1. The van der Waals surface area contributed by atoms with E-state index in [1.807, 2.05) is 11.8 Å². The van der Waals surface area contributed by atoms with E-state index in [4.69, 9.17) is 9.52 Å². The Morgan fingerprint density at radius 3 is 3.12 bits per heavy atom. The number of oxazole rings is 1. The Kier molecular flexibility index (Phi) is 2.55. The Labute approximate surface area is 102 Å². The molecule has 0 radical (unpaired) electrons. The normalized spacial score (nSPS) is 19.9. The summed E-state index contributed by atoms with van der Waals surface area (Å²) in [4.78, 5) is 15.3. The lowest BCUT2D eigenvalue weighted by Crippen LogP contribution is -1.94. The van der Waals surface area contributed by atoms with E-state index >= 15 is 0 Å². The molecule has 0 saturated carbocycles. The molecule has 5 heteroatoms. The SMILES string of the molecule is O=C(O)c1ccc2nc(C3CCCS3)oc2c1. The van der Waals surface area contributed by atoms with E-state index in [9.17, 15) is 4.79 Å². The molecule has 2 heterocycles. The van der Waals surface area contributed by atoms with E-state index in [0.29, 0.717) is 10.8 Å². The van der Waals surface area contributed by atoms with Crippen LogP contribution in [0.4, 0.5) is 0 Å². The Morgan fingerprint density at radius 1 is 1.53 bits per heavy atom. The predicted octanol–water partition coefficient (Wildman–Crippen LogP) is 3.09. The molecule has 1 aliphatic rings. The summed E-state index contributed by atoms with van der Waals surface area (Å²) >= 11 is 1.85. The number of aromatic carboxylic acids is 1. The number of rotatable bonds is 2. The summed E-state index contributed by atoms with van der Waals surface area (Å²) in [5.41, 5.74) is 1.53. The molecule has 1 atom stereocenters. The van der Waals surface area contributed by atoms with E-state index in [-0.39, 0.29) is 5.56 Å². The number of carbonyl (C=O) groups is 1. The minimum absolute atomic E-state index is 0.235. The topological polar surface area (TPSA) is 63.3 Å². The molecular weight excluding hydrogens is 238 g/mol. The van der Waals surface area contributed by atoms with Crippen LogP contribution in [-0.4, -0.2) is 21.8 Å². The van der Waals surface area contributed by atoms with Crippen molar-refractivity contribution in [2.45, 2.75) is 18.1 Å². The molecule has 1 N–H and O–H groups in total. The minimum atomic E-state index is -0.944. The van der Waals surface area contributed by atoms with Crippen molar-refractivity contribution < 1.29 is 14.3 Å². The van der Waals surface area contributed by atoms with Crippen LogP contribution in [0.25, 0.3) is 11.1 Å². The van der Waals surface area contributed by atoms with Gasteiger partial charge in [0.25, 0.3) is 0 Å². The highest BCUT2D eigenvalue weighted by molar-refractivity contribution is 7.99. The lowest BCUT2D eigenvalue weighted by atomic mass is 10.2. The number of hydrogen-bond acceptors (Lipinski definition) is 4. The lowest BCUT2D eigenvalue weighted by molar-refractivity contribution is 0.0697. The highest BCUT2D eigenvalue weighted by Crippen LogP contribution is 2.40. The average molecular weight is 249 g/mol. The Bertz CT molecular complexity index is 572. The molecule has 1 aromatic carbocycles. The van der Waals surface area contributed by atoms with Gasteiger partial charge in [-0.25, -0.2) is 9.78 Å². The van der Waals surface area contributed by atoms with Gasteiger partial charge in [-0.3, -0.25) is 0 Å². The number of thioether (sulfide) groups is 1. The van der Waals surface area contributed by atoms with Crippen molar-refractivity contribution in [3.05, 3.63) is 29.7 Å². The number of aromatic nitrogens is 1. The van der Waals surface area contributed by atoms with E-state index in [0.717, 1.165) is 23.6 Å². The molecule has 0 amide bonds.